The summed E-state index contributed by atoms with van der Waals surface area (Å²) in [6.07, 6.45) is 6.67. The summed E-state index contributed by atoms with van der Waals surface area (Å²) in [4.78, 5) is 11.1. The van der Waals surface area contributed by atoms with E-state index in [2.05, 4.69) is 46.4 Å². The lowest BCUT2D eigenvalue weighted by Crippen LogP contribution is -2.31. The number of pyridine rings is 1. The van der Waals surface area contributed by atoms with Gasteiger partial charge in [-0.2, -0.15) is 0 Å². The zero-order valence-electron chi connectivity index (χ0n) is 12.2. The van der Waals surface area contributed by atoms with Gasteiger partial charge in [0.25, 0.3) is 0 Å². The Kier molecular flexibility index (Phi) is 4.32. The van der Waals surface area contributed by atoms with Gasteiger partial charge in [-0.15, -0.1) is 0 Å². The maximum atomic E-state index is 4.43. The summed E-state index contributed by atoms with van der Waals surface area (Å²) >= 11 is 0. The molecule has 0 aliphatic carbocycles. The van der Waals surface area contributed by atoms with Gasteiger partial charge in [-0.05, 0) is 38.6 Å². The van der Waals surface area contributed by atoms with Crippen LogP contribution in [-0.2, 0) is 20.0 Å². The molecule has 4 nitrogen and oxygen atoms in total. The normalized spacial score (nSPS) is 12.9. The Morgan fingerprint density at radius 2 is 2.11 bits per heavy atom. The molecule has 2 aromatic heterocycles. The van der Waals surface area contributed by atoms with E-state index in [-0.39, 0.29) is 0 Å². The van der Waals surface area contributed by atoms with Gasteiger partial charge in [-0.3, -0.25) is 9.88 Å². The van der Waals surface area contributed by atoms with Crippen molar-refractivity contribution in [3.8, 4) is 0 Å². The molecule has 0 amide bonds. The molecule has 0 aliphatic heterocycles. The molecule has 2 heterocycles. The lowest BCUT2D eigenvalue weighted by molar-refractivity contribution is 0.239. The van der Waals surface area contributed by atoms with Crippen LogP contribution < -0.4 is 0 Å². The first-order valence-corrected chi connectivity index (χ1v) is 6.64. The summed E-state index contributed by atoms with van der Waals surface area (Å²) in [5.74, 6) is 1.09. The van der Waals surface area contributed by atoms with Crippen molar-refractivity contribution in [2.24, 2.45) is 7.05 Å². The highest BCUT2D eigenvalue weighted by atomic mass is 15.2. The SMILES string of the molecule is Cc1ccnc(C[C@@H](C)N(C)Cc2nccn2C)c1. The summed E-state index contributed by atoms with van der Waals surface area (Å²) in [5, 5.41) is 0. The Morgan fingerprint density at radius 3 is 2.74 bits per heavy atom. The Bertz CT molecular complexity index is 532. The Hall–Kier alpha value is -1.68. The quantitative estimate of drug-likeness (QED) is 0.824. The zero-order valence-corrected chi connectivity index (χ0v) is 12.2. The molecule has 1 atom stereocenters. The molecule has 0 spiro atoms. The van der Waals surface area contributed by atoms with Crippen LogP contribution in [0.3, 0.4) is 0 Å². The second-order valence-electron chi connectivity index (χ2n) is 5.25. The number of aromatic nitrogens is 3. The third-order valence-corrected chi connectivity index (χ3v) is 3.54. The van der Waals surface area contributed by atoms with E-state index >= 15 is 0 Å². The van der Waals surface area contributed by atoms with Crippen LogP contribution in [0.5, 0.6) is 0 Å². The predicted molar refractivity (Wildman–Crippen MR) is 76.8 cm³/mol. The van der Waals surface area contributed by atoms with Crippen molar-refractivity contribution in [1.29, 1.82) is 0 Å². The van der Waals surface area contributed by atoms with E-state index in [1.54, 1.807) is 0 Å². The molecule has 0 N–H and O–H groups in total. The molecule has 19 heavy (non-hydrogen) atoms. The highest BCUT2D eigenvalue weighted by molar-refractivity contribution is 5.15. The summed E-state index contributed by atoms with van der Waals surface area (Å²) < 4.78 is 2.06. The maximum absolute atomic E-state index is 4.43. The van der Waals surface area contributed by atoms with Crippen LogP contribution >= 0.6 is 0 Å². The van der Waals surface area contributed by atoms with E-state index in [1.165, 1.54) is 5.56 Å². The van der Waals surface area contributed by atoms with Crippen LogP contribution in [0.2, 0.25) is 0 Å². The third-order valence-electron chi connectivity index (χ3n) is 3.54. The van der Waals surface area contributed by atoms with Crippen molar-refractivity contribution in [3.05, 3.63) is 47.8 Å². The number of aryl methyl sites for hydroxylation is 2. The zero-order chi connectivity index (χ0) is 13.8. The molecule has 0 aromatic carbocycles. The van der Waals surface area contributed by atoms with Crippen molar-refractivity contribution in [3.63, 3.8) is 0 Å². The van der Waals surface area contributed by atoms with Gasteiger partial charge < -0.3 is 4.57 Å². The molecule has 102 valence electrons. The Morgan fingerprint density at radius 1 is 1.32 bits per heavy atom. The lowest BCUT2D eigenvalue weighted by atomic mass is 10.1. The fourth-order valence-electron chi connectivity index (χ4n) is 2.10. The van der Waals surface area contributed by atoms with E-state index in [0.29, 0.717) is 6.04 Å². The highest BCUT2D eigenvalue weighted by Crippen LogP contribution is 2.09. The van der Waals surface area contributed by atoms with E-state index in [0.717, 1.165) is 24.5 Å². The topological polar surface area (TPSA) is 34.0 Å². The Balaban J connectivity index is 1.96. The van der Waals surface area contributed by atoms with Gasteiger partial charge >= 0.3 is 0 Å². The van der Waals surface area contributed by atoms with Crippen molar-refractivity contribution >= 4 is 0 Å². The molecule has 0 aliphatic rings. The highest BCUT2D eigenvalue weighted by Gasteiger charge is 2.13. The minimum absolute atomic E-state index is 0.436. The van der Waals surface area contributed by atoms with Gasteiger partial charge in [0, 0.05) is 43.8 Å². The number of imidazole rings is 1. The van der Waals surface area contributed by atoms with Crippen molar-refractivity contribution in [2.75, 3.05) is 7.05 Å². The van der Waals surface area contributed by atoms with Crippen LogP contribution in [-0.4, -0.2) is 32.5 Å². The van der Waals surface area contributed by atoms with E-state index in [9.17, 15) is 0 Å². The molecule has 0 radical (unpaired) electrons. The lowest BCUT2D eigenvalue weighted by Gasteiger charge is -2.24. The number of hydrogen-bond donors (Lipinski definition) is 0. The molecule has 2 rings (SSSR count). The van der Waals surface area contributed by atoms with Crippen molar-refractivity contribution in [2.45, 2.75) is 32.9 Å². The molecular weight excluding hydrogens is 236 g/mol. The minimum Gasteiger partial charge on any atom is -0.337 e. The Labute approximate surface area is 115 Å². The monoisotopic (exact) mass is 258 g/mol. The summed E-state index contributed by atoms with van der Waals surface area (Å²) in [6.45, 7) is 5.19. The standard InChI is InChI=1S/C15H22N4/c1-12-5-6-16-14(9-12)10-13(2)19(4)11-15-17-7-8-18(15)3/h5-9,13H,10-11H2,1-4H3/t13-/m1/s1. The van der Waals surface area contributed by atoms with Gasteiger partial charge in [-0.1, -0.05) is 0 Å². The van der Waals surface area contributed by atoms with Crippen LogP contribution in [0, 0.1) is 6.92 Å². The minimum atomic E-state index is 0.436. The number of hydrogen-bond acceptors (Lipinski definition) is 3. The van der Waals surface area contributed by atoms with Gasteiger partial charge in [-0.25, -0.2) is 4.98 Å². The van der Waals surface area contributed by atoms with Gasteiger partial charge in [0.15, 0.2) is 0 Å². The second kappa shape index (κ2) is 5.97. The third kappa shape index (κ3) is 3.64. The van der Waals surface area contributed by atoms with Crippen molar-refractivity contribution < 1.29 is 0 Å². The fraction of sp³-hybridized carbons (Fsp3) is 0.467. The number of nitrogens with zero attached hydrogens (tertiary/aromatic N) is 4. The van der Waals surface area contributed by atoms with Gasteiger partial charge in [0.05, 0.1) is 6.54 Å². The van der Waals surface area contributed by atoms with Gasteiger partial charge in [0.2, 0.25) is 0 Å². The fourth-order valence-corrected chi connectivity index (χ4v) is 2.10. The average Bonchev–Trinajstić information content (AvgIpc) is 2.75. The molecule has 0 fully saturated rings. The number of rotatable bonds is 5. The molecule has 0 saturated carbocycles. The van der Waals surface area contributed by atoms with Crippen LogP contribution in [0.25, 0.3) is 0 Å². The second-order valence-corrected chi connectivity index (χ2v) is 5.25. The molecule has 4 heteroatoms. The first kappa shape index (κ1) is 13.7. The smallest absolute Gasteiger partial charge is 0.122 e. The molecule has 0 saturated heterocycles. The molecule has 2 aromatic rings. The maximum Gasteiger partial charge on any atom is 0.122 e. The van der Waals surface area contributed by atoms with Crippen LogP contribution in [0.1, 0.15) is 24.0 Å². The van der Waals surface area contributed by atoms with Gasteiger partial charge in [0.1, 0.15) is 5.82 Å². The average molecular weight is 258 g/mol. The summed E-state index contributed by atoms with van der Waals surface area (Å²) in [6, 6.07) is 4.63. The molecule has 0 unspecified atom stereocenters. The van der Waals surface area contributed by atoms with Crippen LogP contribution in [0.4, 0.5) is 0 Å². The molecular formula is C15H22N4. The van der Waals surface area contributed by atoms with E-state index in [1.807, 2.05) is 31.7 Å². The predicted octanol–water partition coefficient (Wildman–Crippen LogP) is 2.19. The first-order chi connectivity index (χ1) is 9.06. The number of likely N-dealkylation sites (N-methyl/N-ethyl adjacent to an activating group) is 1. The summed E-state index contributed by atoms with van der Waals surface area (Å²) in [5.41, 5.74) is 2.42. The van der Waals surface area contributed by atoms with Crippen molar-refractivity contribution in [1.82, 2.24) is 19.4 Å². The first-order valence-electron chi connectivity index (χ1n) is 6.64. The van der Waals surface area contributed by atoms with E-state index in [4.69, 9.17) is 0 Å². The largest absolute Gasteiger partial charge is 0.337 e. The molecule has 0 bridgehead atoms. The summed E-state index contributed by atoms with van der Waals surface area (Å²) in [7, 11) is 4.16. The van der Waals surface area contributed by atoms with Crippen LogP contribution in [0.15, 0.2) is 30.7 Å². The van der Waals surface area contributed by atoms with E-state index < -0.39 is 0 Å².